The Balaban J connectivity index is 2.07. The van der Waals surface area contributed by atoms with Gasteiger partial charge >= 0.3 is 0 Å². The molecule has 0 unspecified atom stereocenters. The van der Waals surface area contributed by atoms with Crippen molar-refractivity contribution in [1.82, 2.24) is 0 Å². The molecule has 1 heterocycles. The molecular formula is C14H15NO2. The van der Waals surface area contributed by atoms with Gasteiger partial charge in [-0.2, -0.15) is 0 Å². The van der Waals surface area contributed by atoms with Crippen molar-refractivity contribution >= 4 is 17.4 Å². The fourth-order valence-electron chi connectivity index (χ4n) is 2.47. The second kappa shape index (κ2) is 3.69. The van der Waals surface area contributed by atoms with Gasteiger partial charge in [-0.05, 0) is 31.4 Å². The van der Waals surface area contributed by atoms with Gasteiger partial charge < -0.3 is 4.90 Å². The van der Waals surface area contributed by atoms with Crippen LogP contribution in [-0.4, -0.2) is 18.2 Å². The first-order chi connectivity index (χ1) is 8.18. The van der Waals surface area contributed by atoms with Crippen molar-refractivity contribution in [3.8, 4) is 0 Å². The van der Waals surface area contributed by atoms with Gasteiger partial charge in [0, 0.05) is 24.4 Å². The highest BCUT2D eigenvalue weighted by molar-refractivity contribution is 6.10. The minimum atomic E-state index is 0.156. The van der Waals surface area contributed by atoms with Gasteiger partial charge in [-0.15, -0.1) is 0 Å². The predicted octanol–water partition coefficient (Wildman–Crippen LogP) is 2.32. The summed E-state index contributed by atoms with van der Waals surface area (Å²) in [7, 11) is 0. The summed E-state index contributed by atoms with van der Waals surface area (Å²) in [5, 5.41) is 0. The Kier molecular flexibility index (Phi) is 2.28. The van der Waals surface area contributed by atoms with E-state index in [0.717, 1.165) is 24.1 Å². The van der Waals surface area contributed by atoms with E-state index in [2.05, 4.69) is 0 Å². The number of rotatable bonds is 1. The molecule has 1 aliphatic heterocycles. The van der Waals surface area contributed by atoms with Crippen LogP contribution in [0.1, 0.15) is 35.2 Å². The highest BCUT2D eigenvalue weighted by Gasteiger charge is 2.37. The van der Waals surface area contributed by atoms with Gasteiger partial charge in [0.1, 0.15) is 0 Å². The number of anilines is 1. The van der Waals surface area contributed by atoms with Gasteiger partial charge in [-0.25, -0.2) is 0 Å². The molecule has 0 atom stereocenters. The molecule has 1 aliphatic carbocycles. The molecule has 17 heavy (non-hydrogen) atoms. The minimum Gasteiger partial charge on any atom is -0.311 e. The molecule has 0 saturated heterocycles. The number of benzene rings is 1. The lowest BCUT2D eigenvalue weighted by Crippen LogP contribution is -2.38. The van der Waals surface area contributed by atoms with E-state index in [4.69, 9.17) is 0 Å². The van der Waals surface area contributed by atoms with Gasteiger partial charge in [0.15, 0.2) is 5.78 Å². The summed E-state index contributed by atoms with van der Waals surface area (Å²) in [6.45, 7) is 2.51. The van der Waals surface area contributed by atoms with E-state index < -0.39 is 0 Å². The van der Waals surface area contributed by atoms with Crippen LogP contribution in [0.2, 0.25) is 0 Å². The number of aryl methyl sites for hydroxylation is 1. The van der Waals surface area contributed by atoms with Crippen LogP contribution in [-0.2, 0) is 4.79 Å². The van der Waals surface area contributed by atoms with Gasteiger partial charge in [0.25, 0.3) is 0 Å². The van der Waals surface area contributed by atoms with E-state index in [0.29, 0.717) is 18.5 Å². The molecule has 2 aliphatic rings. The van der Waals surface area contributed by atoms with Crippen LogP contribution in [0.3, 0.4) is 0 Å². The fourth-order valence-corrected chi connectivity index (χ4v) is 2.47. The highest BCUT2D eigenvalue weighted by Crippen LogP contribution is 2.37. The molecule has 1 fully saturated rings. The normalized spacial score (nSPS) is 19.1. The Hall–Kier alpha value is -1.64. The first-order valence-corrected chi connectivity index (χ1v) is 6.12. The number of hydrogen-bond donors (Lipinski definition) is 0. The largest absolute Gasteiger partial charge is 0.311 e. The molecular weight excluding hydrogens is 214 g/mol. The van der Waals surface area contributed by atoms with E-state index in [1.165, 1.54) is 0 Å². The number of Topliss-reactive ketones (excluding diaryl/α,β-unsaturated/α-hetero) is 1. The van der Waals surface area contributed by atoms with Crippen molar-refractivity contribution in [3.05, 3.63) is 29.3 Å². The lowest BCUT2D eigenvalue weighted by atomic mass is 9.96. The number of para-hydroxylation sites is 1. The highest BCUT2D eigenvalue weighted by atomic mass is 16.2. The molecule has 0 bridgehead atoms. The van der Waals surface area contributed by atoms with Crippen molar-refractivity contribution in [1.29, 1.82) is 0 Å². The summed E-state index contributed by atoms with van der Waals surface area (Å²) in [5.74, 6) is 0.562. The van der Waals surface area contributed by atoms with Crippen LogP contribution in [0.4, 0.5) is 5.69 Å². The summed E-state index contributed by atoms with van der Waals surface area (Å²) in [6, 6.07) is 5.68. The number of nitrogens with zero attached hydrogens (tertiary/aromatic N) is 1. The Morgan fingerprint density at radius 3 is 2.82 bits per heavy atom. The van der Waals surface area contributed by atoms with E-state index >= 15 is 0 Å². The van der Waals surface area contributed by atoms with Crippen LogP contribution in [0.25, 0.3) is 0 Å². The Morgan fingerprint density at radius 2 is 2.12 bits per heavy atom. The molecule has 1 saturated carbocycles. The van der Waals surface area contributed by atoms with E-state index in [-0.39, 0.29) is 17.6 Å². The Labute approximate surface area is 100 Å². The summed E-state index contributed by atoms with van der Waals surface area (Å²) < 4.78 is 0. The van der Waals surface area contributed by atoms with E-state index in [1.54, 1.807) is 0 Å². The van der Waals surface area contributed by atoms with Crippen LogP contribution >= 0.6 is 0 Å². The zero-order chi connectivity index (χ0) is 12.0. The third-order valence-corrected chi connectivity index (χ3v) is 3.56. The SMILES string of the molecule is Cc1cccc2c1N(C(=O)C1CC1)CCC2=O. The van der Waals surface area contributed by atoms with Crippen LogP contribution in [0.5, 0.6) is 0 Å². The monoisotopic (exact) mass is 229 g/mol. The quantitative estimate of drug-likeness (QED) is 0.741. The maximum atomic E-state index is 12.2. The van der Waals surface area contributed by atoms with Crippen molar-refractivity contribution in [2.24, 2.45) is 5.92 Å². The van der Waals surface area contributed by atoms with Gasteiger partial charge in [-0.1, -0.05) is 12.1 Å². The molecule has 1 aromatic rings. The van der Waals surface area contributed by atoms with Crippen molar-refractivity contribution < 1.29 is 9.59 Å². The van der Waals surface area contributed by atoms with E-state index in [1.807, 2.05) is 30.0 Å². The van der Waals surface area contributed by atoms with Gasteiger partial charge in [0.05, 0.1) is 5.69 Å². The second-order valence-corrected chi connectivity index (χ2v) is 4.91. The van der Waals surface area contributed by atoms with Crippen molar-refractivity contribution in [3.63, 3.8) is 0 Å². The number of amides is 1. The molecule has 3 rings (SSSR count). The average molecular weight is 229 g/mol. The predicted molar refractivity (Wildman–Crippen MR) is 65.2 cm³/mol. The molecule has 3 heteroatoms. The van der Waals surface area contributed by atoms with Crippen LogP contribution in [0.15, 0.2) is 18.2 Å². The van der Waals surface area contributed by atoms with Crippen molar-refractivity contribution in [2.75, 3.05) is 11.4 Å². The average Bonchev–Trinajstić information content (AvgIpc) is 3.14. The smallest absolute Gasteiger partial charge is 0.230 e. The zero-order valence-electron chi connectivity index (χ0n) is 9.90. The second-order valence-electron chi connectivity index (χ2n) is 4.91. The summed E-state index contributed by atoms with van der Waals surface area (Å²) in [4.78, 5) is 25.9. The zero-order valence-corrected chi connectivity index (χ0v) is 9.90. The molecule has 0 spiro atoms. The number of hydrogen-bond acceptors (Lipinski definition) is 2. The first kappa shape index (κ1) is 10.5. The minimum absolute atomic E-state index is 0.156. The van der Waals surface area contributed by atoms with E-state index in [9.17, 15) is 9.59 Å². The van der Waals surface area contributed by atoms with Gasteiger partial charge in [0.2, 0.25) is 5.91 Å². The molecule has 3 nitrogen and oxygen atoms in total. The number of carbonyl (C=O) groups excluding carboxylic acids is 2. The molecule has 1 amide bonds. The van der Waals surface area contributed by atoms with Gasteiger partial charge in [-0.3, -0.25) is 9.59 Å². The van der Waals surface area contributed by atoms with Crippen LogP contribution in [0, 0.1) is 12.8 Å². The standard InChI is InChI=1S/C14H15NO2/c1-9-3-2-4-11-12(16)7-8-15(13(9)11)14(17)10-5-6-10/h2-4,10H,5-8H2,1H3. The first-order valence-electron chi connectivity index (χ1n) is 6.12. The maximum absolute atomic E-state index is 12.2. The van der Waals surface area contributed by atoms with Crippen molar-refractivity contribution in [2.45, 2.75) is 26.2 Å². The molecule has 1 aromatic carbocycles. The molecule has 0 aromatic heterocycles. The lowest BCUT2D eigenvalue weighted by molar-refractivity contribution is -0.119. The topological polar surface area (TPSA) is 37.4 Å². The Bertz CT molecular complexity index is 503. The number of fused-ring (bicyclic) bond motifs is 1. The molecule has 88 valence electrons. The summed E-state index contributed by atoms with van der Waals surface area (Å²) in [5.41, 5.74) is 2.58. The number of carbonyl (C=O) groups is 2. The van der Waals surface area contributed by atoms with Crippen LogP contribution < -0.4 is 4.90 Å². The fraction of sp³-hybridized carbons (Fsp3) is 0.429. The lowest BCUT2D eigenvalue weighted by Gasteiger charge is -2.30. The summed E-state index contributed by atoms with van der Waals surface area (Å²) >= 11 is 0. The Morgan fingerprint density at radius 1 is 1.35 bits per heavy atom. The molecule has 0 radical (unpaired) electrons. The maximum Gasteiger partial charge on any atom is 0.230 e. The molecule has 0 N–H and O–H groups in total. The number of ketones is 1. The third-order valence-electron chi connectivity index (χ3n) is 3.56. The summed E-state index contributed by atoms with van der Waals surface area (Å²) in [6.07, 6.45) is 2.46. The third kappa shape index (κ3) is 1.66.